The quantitative estimate of drug-likeness (QED) is 0.127. The van der Waals surface area contributed by atoms with E-state index in [4.69, 9.17) is 28.5 Å². The van der Waals surface area contributed by atoms with Gasteiger partial charge >= 0.3 is 0 Å². The average Bonchev–Trinajstić information content (AvgIpc) is 2.93. The fourth-order valence-corrected chi connectivity index (χ4v) is 5.10. The Bertz CT molecular complexity index is 898. The number of hydroxylamine groups is 1. The lowest BCUT2D eigenvalue weighted by molar-refractivity contribution is -0.358. The van der Waals surface area contributed by atoms with Gasteiger partial charge in [0.2, 0.25) is 11.8 Å². The highest BCUT2D eigenvalue weighted by molar-refractivity contribution is 5.74. The number of hydrogen-bond acceptors (Lipinski definition) is 17. The molecule has 3 fully saturated rings. The zero-order chi connectivity index (χ0) is 29.3. The summed E-state index contributed by atoms with van der Waals surface area (Å²) >= 11 is 0. The molecule has 0 aromatic carbocycles. The molecule has 4 rings (SSSR count). The predicted molar refractivity (Wildman–Crippen MR) is 126 cm³/mol. The maximum atomic E-state index is 12.0. The Balaban J connectivity index is 1.55. The Labute approximate surface area is 228 Å². The summed E-state index contributed by atoms with van der Waals surface area (Å²) < 4.78 is 28.5. The monoisotopic (exact) mass is 583 g/mol. The van der Waals surface area contributed by atoms with Crippen LogP contribution in [0.15, 0.2) is 4.99 Å². The topological polar surface area (TPSA) is 271 Å². The van der Waals surface area contributed by atoms with Gasteiger partial charge in [0.25, 0.3) is 0 Å². The molecule has 18 heteroatoms. The second-order valence-electron chi connectivity index (χ2n) is 9.97. The summed E-state index contributed by atoms with van der Waals surface area (Å²) in [6.45, 7) is 0.586. The molecule has 10 N–H and O–H groups in total. The van der Waals surface area contributed by atoms with Crippen molar-refractivity contribution in [2.24, 2.45) is 4.99 Å². The molecule has 0 aromatic heterocycles. The van der Waals surface area contributed by atoms with E-state index in [1.165, 1.54) is 0 Å². The van der Waals surface area contributed by atoms with Crippen LogP contribution in [0.25, 0.3) is 0 Å². The van der Waals surface area contributed by atoms with Gasteiger partial charge in [0.15, 0.2) is 18.8 Å². The van der Waals surface area contributed by atoms with E-state index in [9.17, 15) is 45.6 Å². The van der Waals surface area contributed by atoms with E-state index in [0.29, 0.717) is 0 Å². The number of ether oxygens (including phenoxy) is 5. The van der Waals surface area contributed by atoms with Gasteiger partial charge < -0.3 is 74.7 Å². The molecule has 4 heterocycles. The molecule has 0 unspecified atom stereocenters. The standard InChI is InChI=1S/C22H37N3O15/c1-6(29)23-12-15(32)19(39-22-17(34)16(33)13(30)8(3-26)36-22)10(5-28)37-21(12)38-18-9(4-27)35-20-11(14(18)31)24-7(2)40-25-20/h8-22,25-28,30-34H,3-5H2,1-2H3,(H,23,29)/t8-,9-,10-,11-,12-,13-,14-,15-,16+,17+,18-,19-,20-,21+,22+/m1/s1. The number of carbonyl (C=O) groups is 1. The summed E-state index contributed by atoms with van der Waals surface area (Å²) in [5.74, 6) is -0.414. The van der Waals surface area contributed by atoms with Gasteiger partial charge in [-0.15, -0.1) is 5.48 Å². The van der Waals surface area contributed by atoms with Crippen molar-refractivity contribution in [1.82, 2.24) is 10.8 Å². The molecule has 0 spiro atoms. The van der Waals surface area contributed by atoms with Crippen LogP contribution in [0.1, 0.15) is 13.8 Å². The highest BCUT2D eigenvalue weighted by Crippen LogP contribution is 2.33. The minimum atomic E-state index is -1.82. The molecule has 4 aliphatic rings. The van der Waals surface area contributed by atoms with Crippen LogP contribution in [-0.4, -0.2) is 164 Å². The number of aliphatic hydroxyl groups is 8. The number of aliphatic hydroxyl groups excluding tert-OH is 8. The highest BCUT2D eigenvalue weighted by Gasteiger charge is 2.54. The molecule has 0 radical (unpaired) electrons. The number of nitrogens with one attached hydrogen (secondary N) is 2. The van der Waals surface area contributed by atoms with E-state index in [2.05, 4.69) is 15.8 Å². The third-order valence-electron chi connectivity index (χ3n) is 7.17. The third kappa shape index (κ3) is 6.25. The molecular weight excluding hydrogens is 546 g/mol. The molecule has 0 aromatic rings. The molecule has 1 amide bonds. The van der Waals surface area contributed by atoms with Crippen molar-refractivity contribution >= 4 is 11.8 Å². The van der Waals surface area contributed by atoms with Crippen molar-refractivity contribution in [3.05, 3.63) is 0 Å². The number of fused-ring (bicyclic) bond motifs is 1. The van der Waals surface area contributed by atoms with Crippen LogP contribution in [-0.2, 0) is 33.3 Å². The molecule has 0 aliphatic carbocycles. The Hall–Kier alpha value is -1.62. The first-order valence-corrected chi connectivity index (χ1v) is 12.7. The summed E-state index contributed by atoms with van der Waals surface area (Å²) in [6.07, 6.45) is -19.1. The van der Waals surface area contributed by atoms with Gasteiger partial charge in [-0.2, -0.15) is 0 Å². The molecule has 40 heavy (non-hydrogen) atoms. The normalized spacial score (nSPS) is 47.5. The second-order valence-corrected chi connectivity index (χ2v) is 9.97. The van der Waals surface area contributed by atoms with Crippen LogP contribution < -0.4 is 10.8 Å². The van der Waals surface area contributed by atoms with E-state index in [1.807, 2.05) is 0 Å². The molecule has 230 valence electrons. The molecule has 3 saturated heterocycles. The van der Waals surface area contributed by atoms with Gasteiger partial charge in [-0.05, 0) is 0 Å². The van der Waals surface area contributed by atoms with E-state index in [1.54, 1.807) is 6.92 Å². The van der Waals surface area contributed by atoms with Gasteiger partial charge in [-0.25, -0.2) is 4.99 Å². The smallest absolute Gasteiger partial charge is 0.217 e. The first-order valence-electron chi connectivity index (χ1n) is 12.7. The first-order chi connectivity index (χ1) is 19.0. The number of carbonyl (C=O) groups excluding carboxylic acids is 1. The van der Waals surface area contributed by atoms with Crippen molar-refractivity contribution < 1.29 is 74.2 Å². The number of hydrogen-bond donors (Lipinski definition) is 10. The first kappa shape index (κ1) is 31.3. The van der Waals surface area contributed by atoms with Crippen LogP contribution in [0.5, 0.6) is 0 Å². The van der Waals surface area contributed by atoms with Crippen LogP contribution in [0.4, 0.5) is 0 Å². The lowest BCUT2D eigenvalue weighted by Gasteiger charge is -2.49. The number of aliphatic imine (C=N–C) groups is 1. The molecule has 0 bridgehead atoms. The molecule has 4 aliphatic heterocycles. The van der Waals surface area contributed by atoms with Crippen molar-refractivity contribution in [3.8, 4) is 0 Å². The molecule has 0 saturated carbocycles. The fourth-order valence-electron chi connectivity index (χ4n) is 5.10. The SMILES string of the molecule is CC(=O)N[C@H]1[C@H](O[C@H]2[C@H](O)[C@H]3N=C(C)ON[C@@H]3O[C@@H]2CO)O[C@H](CO)[C@@H](O[C@@H]2O[C@H](CO)[C@@H](O)[C@H](O)[C@@H]2O)[C@@H]1O. The van der Waals surface area contributed by atoms with E-state index >= 15 is 0 Å². The summed E-state index contributed by atoms with van der Waals surface area (Å²) in [5.41, 5.74) is 2.57. The van der Waals surface area contributed by atoms with E-state index in [0.717, 1.165) is 6.92 Å². The largest absolute Gasteiger partial charge is 0.394 e. The van der Waals surface area contributed by atoms with Crippen molar-refractivity contribution in [3.63, 3.8) is 0 Å². The second kappa shape index (κ2) is 13.1. The van der Waals surface area contributed by atoms with Crippen LogP contribution in [0, 0.1) is 0 Å². The van der Waals surface area contributed by atoms with Gasteiger partial charge in [0.1, 0.15) is 73.1 Å². The van der Waals surface area contributed by atoms with Crippen molar-refractivity contribution in [2.45, 2.75) is 106 Å². The summed E-state index contributed by atoms with van der Waals surface area (Å²) in [5, 5.41) is 84.6. The van der Waals surface area contributed by atoms with Gasteiger partial charge in [0.05, 0.1) is 19.8 Å². The van der Waals surface area contributed by atoms with Crippen LogP contribution in [0.3, 0.4) is 0 Å². The Morgan fingerprint density at radius 2 is 1.40 bits per heavy atom. The Kier molecular flexibility index (Phi) is 10.3. The molecule has 15 atom stereocenters. The summed E-state index contributed by atoms with van der Waals surface area (Å²) in [6, 6.07) is -2.30. The fraction of sp³-hybridized carbons (Fsp3) is 0.909. The lowest BCUT2D eigenvalue weighted by atomic mass is 9.94. The maximum Gasteiger partial charge on any atom is 0.217 e. The number of nitrogens with zero attached hydrogens (tertiary/aromatic N) is 1. The minimum Gasteiger partial charge on any atom is -0.394 e. The highest BCUT2D eigenvalue weighted by atomic mass is 16.7. The van der Waals surface area contributed by atoms with Crippen LogP contribution in [0.2, 0.25) is 0 Å². The Morgan fingerprint density at radius 1 is 0.825 bits per heavy atom. The third-order valence-corrected chi connectivity index (χ3v) is 7.17. The van der Waals surface area contributed by atoms with E-state index < -0.39 is 118 Å². The predicted octanol–water partition coefficient (Wildman–Crippen LogP) is -6.46. The lowest BCUT2D eigenvalue weighted by Crippen LogP contribution is -2.70. The van der Waals surface area contributed by atoms with Gasteiger partial charge in [0, 0.05) is 13.8 Å². The summed E-state index contributed by atoms with van der Waals surface area (Å²) in [7, 11) is 0. The van der Waals surface area contributed by atoms with Crippen molar-refractivity contribution in [1.29, 1.82) is 0 Å². The molecular formula is C22H37N3O15. The number of amides is 1. The van der Waals surface area contributed by atoms with Crippen LogP contribution >= 0.6 is 0 Å². The minimum absolute atomic E-state index is 0.207. The number of rotatable bonds is 8. The summed E-state index contributed by atoms with van der Waals surface area (Å²) in [4.78, 5) is 21.3. The van der Waals surface area contributed by atoms with Gasteiger partial charge in [-0.1, -0.05) is 0 Å². The molecule has 18 nitrogen and oxygen atoms in total. The Morgan fingerprint density at radius 3 is 2.02 bits per heavy atom. The van der Waals surface area contributed by atoms with E-state index in [-0.39, 0.29) is 5.90 Å². The van der Waals surface area contributed by atoms with Crippen molar-refractivity contribution in [2.75, 3.05) is 19.8 Å². The zero-order valence-corrected chi connectivity index (χ0v) is 21.7. The zero-order valence-electron chi connectivity index (χ0n) is 21.7. The van der Waals surface area contributed by atoms with Gasteiger partial charge in [-0.3, -0.25) is 4.79 Å². The maximum absolute atomic E-state index is 12.0. The average molecular weight is 584 g/mol.